The van der Waals surface area contributed by atoms with E-state index in [0.717, 1.165) is 0 Å². The number of nitrogens with one attached hydrogen (secondary N) is 1. The number of hydrogen-bond acceptors (Lipinski definition) is 6. The molecule has 0 aliphatic rings. The molecular weight excluding hydrogens is 224 g/mol. The Kier molecular flexibility index (Phi) is 2.08. The number of ether oxygens (including phenoxy) is 1. The molecule has 7 heteroatoms. The van der Waals surface area contributed by atoms with Crippen molar-refractivity contribution in [1.82, 2.24) is 19.9 Å². The Hall–Kier alpha value is -2.70. The van der Waals surface area contributed by atoms with Gasteiger partial charge in [0.05, 0.1) is 18.8 Å². The third kappa shape index (κ3) is 1.73. The first kappa shape index (κ1) is 9.52. The lowest BCUT2D eigenvalue weighted by Gasteiger charge is -1.98. The maximum Gasteiger partial charge on any atom is 0.384 e. The van der Waals surface area contributed by atoms with Gasteiger partial charge >= 0.3 is 5.97 Å². The van der Waals surface area contributed by atoms with Crippen molar-refractivity contribution in [2.45, 2.75) is 0 Å². The summed E-state index contributed by atoms with van der Waals surface area (Å²) in [6.45, 7) is 0. The zero-order valence-electron chi connectivity index (χ0n) is 8.45. The normalized spacial score (nSPS) is 10.6. The molecular formula is C10H6N4O3. The molecule has 3 rings (SSSR count). The third-order valence-corrected chi connectivity index (χ3v) is 2.05. The first-order valence-corrected chi connectivity index (χ1v) is 4.75. The van der Waals surface area contributed by atoms with Gasteiger partial charge in [-0.2, -0.15) is 0 Å². The second kappa shape index (κ2) is 3.71. The minimum Gasteiger partial charge on any atom is -0.434 e. The van der Waals surface area contributed by atoms with Crippen LogP contribution in [0.25, 0.3) is 11.2 Å². The van der Waals surface area contributed by atoms with Gasteiger partial charge in [-0.1, -0.05) is 0 Å². The van der Waals surface area contributed by atoms with Gasteiger partial charge in [0, 0.05) is 6.07 Å². The summed E-state index contributed by atoms with van der Waals surface area (Å²) in [5, 5.41) is 0. The number of aromatic amines is 1. The molecule has 0 aliphatic carbocycles. The Bertz CT molecular complexity index is 659. The molecule has 3 aromatic heterocycles. The molecule has 1 N–H and O–H groups in total. The van der Waals surface area contributed by atoms with Crippen LogP contribution in [0.15, 0.2) is 35.3 Å². The zero-order valence-corrected chi connectivity index (χ0v) is 8.45. The summed E-state index contributed by atoms with van der Waals surface area (Å²) >= 11 is 0. The lowest BCUT2D eigenvalue weighted by atomic mass is 10.5. The molecule has 0 fully saturated rings. The summed E-state index contributed by atoms with van der Waals surface area (Å²) in [6, 6.07) is 3.13. The Balaban J connectivity index is 1.90. The maximum absolute atomic E-state index is 11.6. The number of rotatable bonds is 2. The molecule has 17 heavy (non-hydrogen) atoms. The molecule has 0 radical (unpaired) electrons. The van der Waals surface area contributed by atoms with Crippen LogP contribution >= 0.6 is 0 Å². The number of nitrogens with zero attached hydrogens (tertiary/aromatic N) is 3. The van der Waals surface area contributed by atoms with Crippen LogP contribution < -0.4 is 4.74 Å². The summed E-state index contributed by atoms with van der Waals surface area (Å²) in [5.74, 6) is -0.661. The van der Waals surface area contributed by atoms with Crippen molar-refractivity contribution in [3.05, 3.63) is 36.7 Å². The average molecular weight is 230 g/mol. The molecule has 0 spiro atoms. The largest absolute Gasteiger partial charge is 0.434 e. The smallest absolute Gasteiger partial charge is 0.384 e. The molecule has 0 unspecified atom stereocenters. The van der Waals surface area contributed by atoms with Gasteiger partial charge in [0.25, 0.3) is 5.95 Å². The number of carbonyl (C=O) groups is 1. The number of fused-ring (bicyclic) bond motifs is 1. The molecule has 0 amide bonds. The first-order valence-electron chi connectivity index (χ1n) is 4.75. The van der Waals surface area contributed by atoms with Gasteiger partial charge in [0.2, 0.25) is 5.82 Å². The van der Waals surface area contributed by atoms with Crippen molar-refractivity contribution in [3.8, 4) is 5.95 Å². The molecule has 0 saturated heterocycles. The quantitative estimate of drug-likeness (QED) is 0.664. The van der Waals surface area contributed by atoms with E-state index in [1.54, 1.807) is 6.07 Å². The first-order chi connectivity index (χ1) is 8.33. The second-order valence-electron chi connectivity index (χ2n) is 3.16. The molecule has 0 aliphatic heterocycles. The lowest BCUT2D eigenvalue weighted by Crippen LogP contribution is -2.12. The van der Waals surface area contributed by atoms with E-state index in [0.29, 0.717) is 11.2 Å². The van der Waals surface area contributed by atoms with Crippen molar-refractivity contribution >= 4 is 17.1 Å². The van der Waals surface area contributed by atoms with Crippen LogP contribution in [0.1, 0.15) is 10.6 Å². The highest BCUT2D eigenvalue weighted by molar-refractivity contribution is 5.88. The predicted octanol–water partition coefficient (Wildman–Crippen LogP) is 1.17. The van der Waals surface area contributed by atoms with Gasteiger partial charge in [0.1, 0.15) is 5.52 Å². The number of H-pyrrole nitrogens is 1. The minimum atomic E-state index is -0.690. The number of imidazole rings is 1. The van der Waals surface area contributed by atoms with Crippen LogP contribution in [-0.4, -0.2) is 25.9 Å². The Labute approximate surface area is 94.5 Å². The van der Waals surface area contributed by atoms with Crippen LogP contribution in [0.3, 0.4) is 0 Å². The van der Waals surface area contributed by atoms with Gasteiger partial charge < -0.3 is 14.1 Å². The molecule has 0 bridgehead atoms. The highest BCUT2D eigenvalue weighted by atomic mass is 16.6. The topological polar surface area (TPSA) is 93.9 Å². The average Bonchev–Trinajstić information content (AvgIpc) is 2.97. The van der Waals surface area contributed by atoms with Crippen molar-refractivity contribution < 1.29 is 13.9 Å². The Morgan fingerprint density at radius 3 is 3.18 bits per heavy atom. The van der Waals surface area contributed by atoms with E-state index in [4.69, 9.17) is 9.15 Å². The van der Waals surface area contributed by atoms with Crippen molar-refractivity contribution in [2.24, 2.45) is 0 Å². The van der Waals surface area contributed by atoms with Gasteiger partial charge in [-0.3, -0.25) is 0 Å². The fraction of sp³-hybridized carbons (Fsp3) is 0. The second-order valence-corrected chi connectivity index (χ2v) is 3.16. The van der Waals surface area contributed by atoms with Crippen LogP contribution in [0.4, 0.5) is 0 Å². The zero-order chi connectivity index (χ0) is 11.7. The van der Waals surface area contributed by atoms with Gasteiger partial charge in [-0.25, -0.2) is 19.7 Å². The van der Waals surface area contributed by atoms with E-state index < -0.39 is 5.97 Å². The van der Waals surface area contributed by atoms with E-state index in [1.807, 2.05) is 0 Å². The number of aromatic nitrogens is 4. The number of carbonyl (C=O) groups excluding carboxylic acids is 1. The van der Waals surface area contributed by atoms with Crippen molar-refractivity contribution in [2.75, 3.05) is 0 Å². The van der Waals surface area contributed by atoms with Crippen LogP contribution in [-0.2, 0) is 0 Å². The van der Waals surface area contributed by atoms with Gasteiger partial charge in [-0.15, -0.1) is 0 Å². The molecule has 0 aromatic carbocycles. The lowest BCUT2D eigenvalue weighted by molar-refractivity contribution is 0.0681. The third-order valence-electron chi connectivity index (χ3n) is 2.05. The predicted molar refractivity (Wildman–Crippen MR) is 55.4 cm³/mol. The SMILES string of the molecule is O=C(Oc1ccco1)c1ncc2[nH]cnc2n1. The number of esters is 1. The van der Waals surface area contributed by atoms with E-state index in [1.165, 1.54) is 24.9 Å². The number of furan rings is 1. The summed E-state index contributed by atoms with van der Waals surface area (Å²) in [4.78, 5) is 26.2. The summed E-state index contributed by atoms with van der Waals surface area (Å²) in [7, 11) is 0. The maximum atomic E-state index is 11.6. The van der Waals surface area contributed by atoms with E-state index in [9.17, 15) is 4.79 Å². The van der Waals surface area contributed by atoms with E-state index >= 15 is 0 Å². The summed E-state index contributed by atoms with van der Waals surface area (Å²) in [6.07, 6.45) is 4.34. The standard InChI is InChI=1S/C10H6N4O3/c15-10(17-7-2-1-3-16-7)9-11-4-6-8(14-9)13-5-12-6/h1-5H,(H,11,12,13,14). The van der Waals surface area contributed by atoms with E-state index in [2.05, 4.69) is 19.9 Å². The van der Waals surface area contributed by atoms with Gasteiger partial charge in [-0.05, 0) is 6.07 Å². The molecule has 0 atom stereocenters. The molecule has 0 saturated carbocycles. The molecule has 84 valence electrons. The Morgan fingerprint density at radius 1 is 1.41 bits per heavy atom. The highest BCUT2D eigenvalue weighted by Crippen LogP contribution is 2.12. The molecule has 3 aromatic rings. The fourth-order valence-electron chi connectivity index (χ4n) is 1.29. The molecule has 3 heterocycles. The van der Waals surface area contributed by atoms with Crippen molar-refractivity contribution in [3.63, 3.8) is 0 Å². The van der Waals surface area contributed by atoms with Crippen molar-refractivity contribution in [1.29, 1.82) is 0 Å². The Morgan fingerprint density at radius 2 is 2.35 bits per heavy atom. The minimum absolute atomic E-state index is 0.0685. The van der Waals surface area contributed by atoms with E-state index in [-0.39, 0.29) is 11.8 Å². The van der Waals surface area contributed by atoms with Gasteiger partial charge in [0.15, 0.2) is 5.65 Å². The van der Waals surface area contributed by atoms with Crippen LogP contribution in [0, 0.1) is 0 Å². The summed E-state index contributed by atoms with van der Waals surface area (Å²) in [5.41, 5.74) is 1.06. The summed E-state index contributed by atoms with van der Waals surface area (Å²) < 4.78 is 9.78. The fourth-order valence-corrected chi connectivity index (χ4v) is 1.29. The monoisotopic (exact) mass is 230 g/mol. The molecule has 7 nitrogen and oxygen atoms in total. The highest BCUT2D eigenvalue weighted by Gasteiger charge is 2.14. The van der Waals surface area contributed by atoms with Crippen LogP contribution in [0.2, 0.25) is 0 Å². The number of hydrogen-bond donors (Lipinski definition) is 1. The van der Waals surface area contributed by atoms with Crippen LogP contribution in [0.5, 0.6) is 5.95 Å².